The number of benzene rings is 2. The molecule has 10 nitrogen and oxygen atoms in total. The summed E-state index contributed by atoms with van der Waals surface area (Å²) in [6, 6.07) is 17.2. The van der Waals surface area contributed by atoms with Crippen LogP contribution in [0.15, 0.2) is 54.6 Å². The second-order valence-corrected chi connectivity index (χ2v) is 13.6. The fraction of sp³-hybridized carbons (Fsp3) is 0.452. The molecule has 1 heterocycles. The molecule has 0 radical (unpaired) electrons. The summed E-state index contributed by atoms with van der Waals surface area (Å²) in [5.74, 6) is -0.358. The average molecular weight is 647 g/mol. The molecule has 238 valence electrons. The van der Waals surface area contributed by atoms with E-state index < -0.39 is 28.2 Å². The van der Waals surface area contributed by atoms with Gasteiger partial charge >= 0.3 is 10.2 Å². The fourth-order valence-corrected chi connectivity index (χ4v) is 7.20. The number of aryl methyl sites for hydroxylation is 2. The predicted molar refractivity (Wildman–Crippen MR) is 167 cm³/mol. The maximum atomic E-state index is 14.2. The second kappa shape index (κ2) is 15.1. The first-order valence-electron chi connectivity index (χ1n) is 14.7. The van der Waals surface area contributed by atoms with E-state index in [4.69, 9.17) is 4.74 Å². The monoisotopic (exact) mass is 646 g/mol. The summed E-state index contributed by atoms with van der Waals surface area (Å²) in [5, 5.41) is 9.70. The molecule has 4 rings (SSSR count). The third-order valence-corrected chi connectivity index (χ3v) is 10.1. The molecular formula is C31H39FN4O6S2. The lowest BCUT2D eigenvalue weighted by Gasteiger charge is -2.27. The molecule has 1 fully saturated rings. The van der Waals surface area contributed by atoms with Gasteiger partial charge in [0.2, 0.25) is 5.91 Å². The van der Waals surface area contributed by atoms with Crippen LogP contribution in [0.1, 0.15) is 57.7 Å². The SMILES string of the molecule is CCN(CCO)S(=O)(=O)NC(=O)c1nc(CN(CCCc2ccccc2)C(=O)C2(c3ccc(OCCF)cc3)CC2)sc1C. The molecule has 2 amide bonds. The van der Waals surface area contributed by atoms with Crippen LogP contribution >= 0.6 is 11.3 Å². The van der Waals surface area contributed by atoms with Gasteiger partial charge in [0.1, 0.15) is 29.7 Å². The van der Waals surface area contributed by atoms with Crippen LogP contribution in [0.25, 0.3) is 0 Å². The largest absolute Gasteiger partial charge is 0.491 e. The molecule has 13 heteroatoms. The first-order chi connectivity index (χ1) is 21.1. The molecule has 0 spiro atoms. The van der Waals surface area contributed by atoms with Crippen LogP contribution in [0.2, 0.25) is 0 Å². The molecule has 0 saturated heterocycles. The van der Waals surface area contributed by atoms with Gasteiger partial charge in [0.15, 0.2) is 0 Å². The number of hydrogen-bond acceptors (Lipinski definition) is 8. The Kier molecular flexibility index (Phi) is 11.5. The minimum absolute atomic E-state index is 0.0182. The minimum atomic E-state index is -4.17. The molecule has 0 aliphatic heterocycles. The highest BCUT2D eigenvalue weighted by Gasteiger charge is 2.53. The average Bonchev–Trinajstić information content (AvgIpc) is 3.74. The number of nitrogens with zero attached hydrogens (tertiary/aromatic N) is 3. The number of aliphatic hydroxyl groups excluding tert-OH is 1. The summed E-state index contributed by atoms with van der Waals surface area (Å²) in [4.78, 5) is 33.9. The van der Waals surface area contributed by atoms with Crippen LogP contribution in [0.5, 0.6) is 5.75 Å². The molecule has 1 saturated carbocycles. The topological polar surface area (TPSA) is 129 Å². The van der Waals surface area contributed by atoms with E-state index in [0.29, 0.717) is 35.0 Å². The molecule has 1 aliphatic rings. The van der Waals surface area contributed by atoms with Crippen molar-refractivity contribution in [3.05, 3.63) is 81.3 Å². The Balaban J connectivity index is 1.53. The number of alkyl halides is 1. The Labute approximate surface area is 262 Å². The lowest BCUT2D eigenvalue weighted by molar-refractivity contribution is -0.134. The van der Waals surface area contributed by atoms with Crippen molar-refractivity contribution in [1.82, 2.24) is 18.9 Å². The van der Waals surface area contributed by atoms with Gasteiger partial charge in [-0.3, -0.25) is 9.59 Å². The van der Waals surface area contributed by atoms with E-state index in [1.165, 1.54) is 11.3 Å². The molecular weight excluding hydrogens is 607 g/mol. The van der Waals surface area contributed by atoms with Crippen LogP contribution in [-0.4, -0.2) is 79.1 Å². The van der Waals surface area contributed by atoms with E-state index in [9.17, 15) is 27.5 Å². The number of carbonyl (C=O) groups excluding carboxylic acids is 2. The summed E-state index contributed by atoms with van der Waals surface area (Å²) in [5.41, 5.74) is 1.34. The Morgan fingerprint density at radius 2 is 1.82 bits per heavy atom. The summed E-state index contributed by atoms with van der Waals surface area (Å²) >= 11 is 1.24. The molecule has 0 bridgehead atoms. The number of aromatic nitrogens is 1. The number of hydrogen-bond donors (Lipinski definition) is 2. The van der Waals surface area contributed by atoms with Gasteiger partial charge in [0.05, 0.1) is 18.6 Å². The van der Waals surface area contributed by atoms with Crippen molar-refractivity contribution in [1.29, 1.82) is 0 Å². The van der Waals surface area contributed by atoms with Gasteiger partial charge in [-0.1, -0.05) is 49.4 Å². The van der Waals surface area contributed by atoms with Crippen LogP contribution in [0.4, 0.5) is 4.39 Å². The van der Waals surface area contributed by atoms with Crippen LogP contribution in [-0.2, 0) is 33.4 Å². The highest BCUT2D eigenvalue weighted by atomic mass is 32.2. The van der Waals surface area contributed by atoms with Gasteiger partial charge in [-0.25, -0.2) is 14.1 Å². The standard InChI is InChI=1S/C31H39FN4O6S2/c1-3-36(19-20-37)44(40,41)34-29(38)28-23(2)43-27(33-28)22-35(18-7-10-24-8-5-4-6-9-24)30(39)31(15-16-31)25-11-13-26(14-12-25)42-21-17-32/h4-6,8-9,11-14,37H,3,7,10,15-22H2,1-2H3,(H,34,38). The van der Waals surface area contributed by atoms with Gasteiger partial charge < -0.3 is 14.7 Å². The summed E-state index contributed by atoms with van der Waals surface area (Å²) in [6.07, 6.45) is 2.88. The van der Waals surface area contributed by atoms with Gasteiger partial charge in [0, 0.05) is 24.5 Å². The number of nitrogens with one attached hydrogen (secondary N) is 1. The third-order valence-electron chi connectivity index (χ3n) is 7.58. The zero-order valence-corrected chi connectivity index (χ0v) is 26.6. The van der Waals surface area contributed by atoms with Crippen molar-refractivity contribution in [2.24, 2.45) is 0 Å². The lowest BCUT2D eigenvalue weighted by Crippen LogP contribution is -2.44. The normalized spacial score (nSPS) is 13.9. The number of ether oxygens (including phenoxy) is 1. The van der Waals surface area contributed by atoms with Crippen molar-refractivity contribution >= 4 is 33.4 Å². The van der Waals surface area contributed by atoms with Gasteiger partial charge in [-0.05, 0) is 55.9 Å². The molecule has 1 aliphatic carbocycles. The summed E-state index contributed by atoms with van der Waals surface area (Å²) < 4.78 is 46.2. The quantitative estimate of drug-likeness (QED) is 0.228. The van der Waals surface area contributed by atoms with Crippen molar-refractivity contribution in [2.75, 3.05) is 39.5 Å². The van der Waals surface area contributed by atoms with Crippen LogP contribution in [0, 0.1) is 6.92 Å². The first-order valence-corrected chi connectivity index (χ1v) is 16.9. The maximum Gasteiger partial charge on any atom is 0.304 e. The van der Waals surface area contributed by atoms with Crippen molar-refractivity contribution < 1.29 is 32.2 Å². The van der Waals surface area contributed by atoms with Crippen molar-refractivity contribution in [3.63, 3.8) is 0 Å². The minimum Gasteiger partial charge on any atom is -0.491 e. The molecule has 2 aromatic carbocycles. The molecule has 44 heavy (non-hydrogen) atoms. The van der Waals surface area contributed by atoms with Gasteiger partial charge in [-0.2, -0.15) is 12.7 Å². The van der Waals surface area contributed by atoms with Gasteiger partial charge in [0.25, 0.3) is 5.91 Å². The number of amides is 2. The van der Waals surface area contributed by atoms with E-state index in [2.05, 4.69) is 4.98 Å². The smallest absolute Gasteiger partial charge is 0.304 e. The lowest BCUT2D eigenvalue weighted by atomic mass is 9.94. The zero-order chi connectivity index (χ0) is 31.7. The van der Waals surface area contributed by atoms with E-state index in [0.717, 1.165) is 28.3 Å². The third kappa shape index (κ3) is 8.20. The number of halogens is 1. The number of likely N-dealkylation sites (N-methyl/N-ethyl adjacent to an activating group) is 1. The van der Waals surface area contributed by atoms with E-state index in [1.54, 1.807) is 30.9 Å². The Morgan fingerprint density at radius 1 is 1.11 bits per heavy atom. The van der Waals surface area contributed by atoms with E-state index in [-0.39, 0.29) is 44.4 Å². The zero-order valence-electron chi connectivity index (χ0n) is 25.0. The summed E-state index contributed by atoms with van der Waals surface area (Å²) in [6.45, 7) is 2.87. The van der Waals surface area contributed by atoms with E-state index in [1.807, 2.05) is 47.2 Å². The Hall–Kier alpha value is -3.39. The fourth-order valence-electron chi connectivity index (χ4n) is 5.13. The molecule has 0 unspecified atom stereocenters. The number of aliphatic hydroxyl groups is 1. The predicted octanol–water partition coefficient (Wildman–Crippen LogP) is 3.78. The van der Waals surface area contributed by atoms with Gasteiger partial charge in [-0.15, -0.1) is 11.3 Å². The molecule has 3 aromatic rings. The number of rotatable bonds is 17. The number of thiazole rings is 1. The highest BCUT2D eigenvalue weighted by molar-refractivity contribution is 7.87. The maximum absolute atomic E-state index is 14.2. The molecule has 1 aromatic heterocycles. The number of carbonyl (C=O) groups is 2. The Bertz CT molecular complexity index is 1510. The molecule has 0 atom stereocenters. The van der Waals surface area contributed by atoms with Crippen molar-refractivity contribution in [3.8, 4) is 5.75 Å². The summed E-state index contributed by atoms with van der Waals surface area (Å²) in [7, 11) is -4.17. The first kappa shape index (κ1) is 33.5. The van der Waals surface area contributed by atoms with Crippen molar-refractivity contribution in [2.45, 2.75) is 51.5 Å². The second-order valence-electron chi connectivity index (χ2n) is 10.6. The highest BCUT2D eigenvalue weighted by Crippen LogP contribution is 2.50. The Morgan fingerprint density at radius 3 is 2.43 bits per heavy atom. The van der Waals surface area contributed by atoms with E-state index >= 15 is 0 Å². The molecule has 2 N–H and O–H groups in total. The van der Waals surface area contributed by atoms with Crippen LogP contribution < -0.4 is 9.46 Å². The van der Waals surface area contributed by atoms with Crippen LogP contribution in [0.3, 0.4) is 0 Å².